The van der Waals surface area contributed by atoms with Gasteiger partial charge < -0.3 is 5.32 Å². The highest BCUT2D eigenvalue weighted by Crippen LogP contribution is 2.20. The Hall–Kier alpha value is -1.94. The lowest BCUT2D eigenvalue weighted by molar-refractivity contribution is 0.679. The van der Waals surface area contributed by atoms with Crippen molar-refractivity contribution in [3.63, 3.8) is 0 Å². The molecule has 1 aliphatic carbocycles. The lowest BCUT2D eigenvalue weighted by Gasteiger charge is -2.05. The highest BCUT2D eigenvalue weighted by atomic mass is 16.1. The standard InChI is InChI=1S/C15H17N3O/c1-10-2-4-11(5-3-10)14-8-12(15(19)18-17-14)9-16-13-6-7-13/h2-5,8,13,16H,6-7,9H2,1H3,(H,18,19). The minimum Gasteiger partial charge on any atom is -0.310 e. The highest BCUT2D eigenvalue weighted by molar-refractivity contribution is 5.59. The predicted octanol–water partition coefficient (Wildman–Crippen LogP) is 2.00. The Kier molecular flexibility index (Phi) is 3.17. The van der Waals surface area contributed by atoms with E-state index in [9.17, 15) is 4.79 Å². The average Bonchev–Trinajstić information content (AvgIpc) is 3.23. The van der Waals surface area contributed by atoms with E-state index >= 15 is 0 Å². The SMILES string of the molecule is Cc1ccc(-c2cc(CNC3CC3)c(=O)[nH]n2)cc1. The maximum absolute atomic E-state index is 11.7. The first kappa shape index (κ1) is 12.1. The van der Waals surface area contributed by atoms with Crippen LogP contribution in [0.2, 0.25) is 0 Å². The molecule has 3 rings (SSSR count). The Morgan fingerprint density at radius 3 is 2.74 bits per heavy atom. The summed E-state index contributed by atoms with van der Waals surface area (Å²) in [5.74, 6) is 0. The Balaban J connectivity index is 1.86. The van der Waals surface area contributed by atoms with Crippen molar-refractivity contribution in [2.24, 2.45) is 0 Å². The zero-order valence-electron chi connectivity index (χ0n) is 10.9. The molecule has 1 fully saturated rings. The second-order valence-electron chi connectivity index (χ2n) is 5.13. The monoisotopic (exact) mass is 255 g/mol. The number of aromatic nitrogens is 2. The van der Waals surface area contributed by atoms with E-state index in [0.717, 1.165) is 16.8 Å². The molecule has 1 saturated carbocycles. The van der Waals surface area contributed by atoms with E-state index in [1.807, 2.05) is 30.3 Å². The first-order valence-corrected chi connectivity index (χ1v) is 6.61. The maximum atomic E-state index is 11.7. The summed E-state index contributed by atoms with van der Waals surface area (Å²) in [5, 5.41) is 10.1. The number of H-pyrrole nitrogens is 1. The third-order valence-electron chi connectivity index (χ3n) is 3.39. The molecule has 0 bridgehead atoms. The normalized spacial score (nSPS) is 14.6. The molecular formula is C15H17N3O. The van der Waals surface area contributed by atoms with Crippen LogP contribution in [0.25, 0.3) is 11.3 Å². The van der Waals surface area contributed by atoms with Crippen molar-refractivity contribution in [2.45, 2.75) is 32.4 Å². The summed E-state index contributed by atoms with van der Waals surface area (Å²) in [7, 11) is 0. The summed E-state index contributed by atoms with van der Waals surface area (Å²) in [5.41, 5.74) is 3.69. The van der Waals surface area contributed by atoms with E-state index in [4.69, 9.17) is 0 Å². The summed E-state index contributed by atoms with van der Waals surface area (Å²) in [4.78, 5) is 11.7. The molecule has 0 saturated heterocycles. The third-order valence-corrected chi connectivity index (χ3v) is 3.39. The van der Waals surface area contributed by atoms with Gasteiger partial charge in [-0.2, -0.15) is 5.10 Å². The second kappa shape index (κ2) is 4.97. The average molecular weight is 255 g/mol. The number of benzene rings is 1. The lowest BCUT2D eigenvalue weighted by Crippen LogP contribution is -2.23. The largest absolute Gasteiger partial charge is 0.310 e. The Labute approximate surface area is 111 Å². The van der Waals surface area contributed by atoms with Crippen molar-refractivity contribution in [2.75, 3.05) is 0 Å². The smallest absolute Gasteiger partial charge is 0.268 e. The molecular weight excluding hydrogens is 238 g/mol. The molecule has 0 spiro atoms. The molecule has 0 atom stereocenters. The van der Waals surface area contributed by atoms with Gasteiger partial charge in [0.15, 0.2) is 0 Å². The summed E-state index contributed by atoms with van der Waals surface area (Å²) in [6.07, 6.45) is 2.43. The van der Waals surface area contributed by atoms with E-state index in [1.165, 1.54) is 18.4 Å². The van der Waals surface area contributed by atoms with E-state index < -0.39 is 0 Å². The summed E-state index contributed by atoms with van der Waals surface area (Å²) < 4.78 is 0. The molecule has 4 heteroatoms. The summed E-state index contributed by atoms with van der Waals surface area (Å²) in [6, 6.07) is 10.6. The highest BCUT2D eigenvalue weighted by Gasteiger charge is 2.20. The van der Waals surface area contributed by atoms with Gasteiger partial charge in [-0.15, -0.1) is 0 Å². The Morgan fingerprint density at radius 1 is 1.32 bits per heavy atom. The first-order valence-electron chi connectivity index (χ1n) is 6.61. The second-order valence-corrected chi connectivity index (χ2v) is 5.13. The summed E-state index contributed by atoms with van der Waals surface area (Å²) in [6.45, 7) is 2.66. The van der Waals surface area contributed by atoms with Crippen LogP contribution in [0.15, 0.2) is 35.1 Å². The molecule has 19 heavy (non-hydrogen) atoms. The number of rotatable bonds is 4. The van der Waals surface area contributed by atoms with Crippen LogP contribution in [0.4, 0.5) is 0 Å². The molecule has 0 aliphatic heterocycles. The van der Waals surface area contributed by atoms with Crippen LogP contribution < -0.4 is 10.9 Å². The Bertz CT molecular complexity index is 627. The van der Waals surface area contributed by atoms with E-state index in [-0.39, 0.29) is 5.56 Å². The first-order chi connectivity index (χ1) is 9.22. The van der Waals surface area contributed by atoms with Crippen molar-refractivity contribution in [1.29, 1.82) is 0 Å². The van der Waals surface area contributed by atoms with Gasteiger partial charge in [-0.3, -0.25) is 4.79 Å². The molecule has 0 radical (unpaired) electrons. The molecule has 98 valence electrons. The molecule has 2 N–H and O–H groups in total. The van der Waals surface area contributed by atoms with Crippen molar-refractivity contribution in [3.05, 3.63) is 51.8 Å². The van der Waals surface area contributed by atoms with Gasteiger partial charge in [-0.1, -0.05) is 29.8 Å². The zero-order valence-corrected chi connectivity index (χ0v) is 10.9. The molecule has 1 aromatic carbocycles. The number of nitrogens with zero attached hydrogens (tertiary/aromatic N) is 1. The number of aryl methyl sites for hydroxylation is 1. The van der Waals surface area contributed by atoms with Crippen LogP contribution >= 0.6 is 0 Å². The topological polar surface area (TPSA) is 57.8 Å². The fraction of sp³-hybridized carbons (Fsp3) is 0.333. The fourth-order valence-corrected chi connectivity index (χ4v) is 1.99. The van der Waals surface area contributed by atoms with Crippen LogP contribution in [0.5, 0.6) is 0 Å². The van der Waals surface area contributed by atoms with Gasteiger partial charge in [0, 0.05) is 23.7 Å². The van der Waals surface area contributed by atoms with Crippen molar-refractivity contribution < 1.29 is 0 Å². The van der Waals surface area contributed by atoms with Gasteiger partial charge in [-0.25, -0.2) is 5.10 Å². The molecule has 0 amide bonds. The van der Waals surface area contributed by atoms with Crippen LogP contribution in [-0.4, -0.2) is 16.2 Å². The van der Waals surface area contributed by atoms with Gasteiger partial charge >= 0.3 is 0 Å². The fourth-order valence-electron chi connectivity index (χ4n) is 1.99. The van der Waals surface area contributed by atoms with Crippen LogP contribution in [-0.2, 0) is 6.54 Å². The van der Waals surface area contributed by atoms with Gasteiger partial charge in [0.2, 0.25) is 0 Å². The number of hydrogen-bond donors (Lipinski definition) is 2. The summed E-state index contributed by atoms with van der Waals surface area (Å²) >= 11 is 0. The zero-order chi connectivity index (χ0) is 13.2. The number of aromatic amines is 1. The maximum Gasteiger partial charge on any atom is 0.268 e. The molecule has 2 aromatic rings. The number of hydrogen-bond acceptors (Lipinski definition) is 3. The quantitative estimate of drug-likeness (QED) is 0.878. The minimum absolute atomic E-state index is 0.107. The Morgan fingerprint density at radius 2 is 2.05 bits per heavy atom. The van der Waals surface area contributed by atoms with E-state index in [2.05, 4.69) is 22.4 Å². The van der Waals surface area contributed by atoms with Gasteiger partial charge in [-0.05, 0) is 25.8 Å². The van der Waals surface area contributed by atoms with Gasteiger partial charge in [0.05, 0.1) is 5.69 Å². The van der Waals surface area contributed by atoms with Crippen LogP contribution in [0.1, 0.15) is 24.0 Å². The van der Waals surface area contributed by atoms with Crippen molar-refractivity contribution >= 4 is 0 Å². The number of nitrogens with one attached hydrogen (secondary N) is 2. The van der Waals surface area contributed by atoms with Crippen molar-refractivity contribution in [3.8, 4) is 11.3 Å². The molecule has 0 unspecified atom stereocenters. The van der Waals surface area contributed by atoms with E-state index in [0.29, 0.717) is 12.6 Å². The third kappa shape index (κ3) is 2.90. The molecule has 1 aliphatic rings. The van der Waals surface area contributed by atoms with Crippen LogP contribution in [0, 0.1) is 6.92 Å². The van der Waals surface area contributed by atoms with Crippen molar-refractivity contribution in [1.82, 2.24) is 15.5 Å². The molecule has 4 nitrogen and oxygen atoms in total. The minimum atomic E-state index is -0.107. The van der Waals surface area contributed by atoms with Gasteiger partial charge in [0.1, 0.15) is 0 Å². The van der Waals surface area contributed by atoms with E-state index in [1.54, 1.807) is 0 Å². The molecule has 1 heterocycles. The molecule has 1 aromatic heterocycles. The lowest BCUT2D eigenvalue weighted by atomic mass is 10.1. The van der Waals surface area contributed by atoms with Crippen LogP contribution in [0.3, 0.4) is 0 Å². The predicted molar refractivity (Wildman–Crippen MR) is 74.9 cm³/mol. The van der Waals surface area contributed by atoms with Gasteiger partial charge in [0.25, 0.3) is 5.56 Å².